The third kappa shape index (κ3) is 29.9. The highest BCUT2D eigenvalue weighted by Gasteiger charge is 2.31. The standard InChI is InChI=1S/C40H73NO7/c1-6-8-10-12-14-16-17-18-19-20-21-22-23-25-27-29-31-39(43)48-36(34-46-33-32-37(40(44)45)41(3,4)5)35-47-38(42)30-28-26-24-15-13-11-9-7-2/h19-22,36-37H,6-18,23-35H2,1-5H3/p+1/b20-19+,22-21+. The van der Waals surface area contributed by atoms with Crippen molar-refractivity contribution in [3.63, 3.8) is 0 Å². The number of hydrogen-bond acceptors (Lipinski definition) is 6. The van der Waals surface area contributed by atoms with Gasteiger partial charge in [0.2, 0.25) is 0 Å². The molecule has 0 aliphatic rings. The summed E-state index contributed by atoms with van der Waals surface area (Å²) >= 11 is 0. The van der Waals surface area contributed by atoms with Crippen LogP contribution in [0.15, 0.2) is 24.3 Å². The third-order valence-corrected chi connectivity index (χ3v) is 8.63. The first-order valence-electron chi connectivity index (χ1n) is 19.4. The fourth-order valence-electron chi connectivity index (χ4n) is 5.55. The molecule has 2 atom stereocenters. The molecule has 0 amide bonds. The van der Waals surface area contributed by atoms with E-state index in [2.05, 4.69) is 38.2 Å². The zero-order chi connectivity index (χ0) is 35.7. The monoisotopic (exact) mass is 681 g/mol. The van der Waals surface area contributed by atoms with Crippen LogP contribution in [0.2, 0.25) is 0 Å². The largest absolute Gasteiger partial charge is 0.477 e. The molecule has 0 aromatic heterocycles. The molecular formula is C40H74NO7+. The van der Waals surface area contributed by atoms with Crippen molar-refractivity contribution >= 4 is 17.9 Å². The van der Waals surface area contributed by atoms with Crippen molar-refractivity contribution in [2.75, 3.05) is 41.0 Å². The number of rotatable bonds is 34. The first-order valence-corrected chi connectivity index (χ1v) is 19.4. The number of carboxylic acid groups (broad SMARTS) is 1. The Morgan fingerprint density at radius 2 is 1.08 bits per heavy atom. The zero-order valence-electron chi connectivity index (χ0n) is 31.7. The van der Waals surface area contributed by atoms with Crippen molar-refractivity contribution in [2.45, 2.75) is 174 Å². The molecule has 280 valence electrons. The molecule has 8 nitrogen and oxygen atoms in total. The highest BCUT2D eigenvalue weighted by atomic mass is 16.6. The van der Waals surface area contributed by atoms with Gasteiger partial charge < -0.3 is 23.8 Å². The molecule has 0 heterocycles. The SMILES string of the molecule is CCCCCCCCC/C=C/C=C/CCCCCC(=O)OC(COCCC(C(=O)O)[N+](C)(C)C)COC(=O)CCCCCCCCCC. The molecule has 0 bridgehead atoms. The average Bonchev–Trinajstić information content (AvgIpc) is 3.03. The van der Waals surface area contributed by atoms with E-state index in [0.29, 0.717) is 19.3 Å². The van der Waals surface area contributed by atoms with Gasteiger partial charge in [-0.25, -0.2) is 4.79 Å². The van der Waals surface area contributed by atoms with Gasteiger partial charge in [-0.15, -0.1) is 0 Å². The van der Waals surface area contributed by atoms with E-state index in [4.69, 9.17) is 14.2 Å². The Hall–Kier alpha value is -2.19. The van der Waals surface area contributed by atoms with Gasteiger partial charge in [0.25, 0.3) is 0 Å². The van der Waals surface area contributed by atoms with E-state index in [9.17, 15) is 19.5 Å². The number of carboxylic acids is 1. The van der Waals surface area contributed by atoms with Crippen LogP contribution >= 0.6 is 0 Å². The molecule has 48 heavy (non-hydrogen) atoms. The number of carbonyl (C=O) groups excluding carboxylic acids is 2. The number of hydrogen-bond donors (Lipinski definition) is 1. The maximum absolute atomic E-state index is 12.6. The Morgan fingerprint density at radius 3 is 1.58 bits per heavy atom. The Kier molecular flexibility index (Phi) is 30.6. The van der Waals surface area contributed by atoms with Gasteiger partial charge in [0, 0.05) is 19.3 Å². The van der Waals surface area contributed by atoms with Crippen molar-refractivity contribution in [1.29, 1.82) is 0 Å². The van der Waals surface area contributed by atoms with Crippen molar-refractivity contribution < 1.29 is 38.2 Å². The fourth-order valence-corrected chi connectivity index (χ4v) is 5.55. The summed E-state index contributed by atoms with van der Waals surface area (Å²) < 4.78 is 17.1. The summed E-state index contributed by atoms with van der Waals surface area (Å²) in [5.41, 5.74) is 0. The maximum atomic E-state index is 12.6. The lowest BCUT2D eigenvalue weighted by atomic mass is 10.1. The second-order valence-corrected chi connectivity index (χ2v) is 14.2. The Balaban J connectivity index is 4.43. The van der Waals surface area contributed by atoms with Gasteiger partial charge in [0.1, 0.15) is 6.61 Å². The van der Waals surface area contributed by atoms with E-state index in [0.717, 1.165) is 51.4 Å². The number of unbranched alkanes of at least 4 members (excludes halogenated alkanes) is 17. The molecule has 8 heteroatoms. The summed E-state index contributed by atoms with van der Waals surface area (Å²) in [5.74, 6) is -1.50. The van der Waals surface area contributed by atoms with Crippen LogP contribution in [0, 0.1) is 0 Å². The minimum Gasteiger partial charge on any atom is -0.477 e. The Bertz CT molecular complexity index is 849. The number of esters is 2. The average molecular weight is 681 g/mol. The molecule has 0 saturated carbocycles. The molecule has 0 aliphatic carbocycles. The van der Waals surface area contributed by atoms with E-state index in [-0.39, 0.29) is 36.2 Å². The topological polar surface area (TPSA) is 99.1 Å². The van der Waals surface area contributed by atoms with E-state index >= 15 is 0 Å². The highest BCUT2D eigenvalue weighted by molar-refractivity contribution is 5.72. The molecule has 0 rings (SSSR count). The lowest BCUT2D eigenvalue weighted by molar-refractivity contribution is -0.887. The number of quaternary nitrogens is 1. The van der Waals surface area contributed by atoms with Crippen LogP contribution in [0.1, 0.15) is 162 Å². The minimum absolute atomic E-state index is 0.0531. The van der Waals surface area contributed by atoms with Crippen molar-refractivity contribution in [2.24, 2.45) is 0 Å². The molecule has 0 radical (unpaired) electrons. The molecule has 0 aliphatic heterocycles. The van der Waals surface area contributed by atoms with Crippen molar-refractivity contribution in [1.82, 2.24) is 0 Å². The molecule has 0 saturated heterocycles. The van der Waals surface area contributed by atoms with Gasteiger partial charge in [-0.2, -0.15) is 0 Å². The number of aliphatic carboxylic acids is 1. The van der Waals surface area contributed by atoms with Crippen LogP contribution in [0.25, 0.3) is 0 Å². The van der Waals surface area contributed by atoms with E-state index in [1.165, 1.54) is 77.0 Å². The lowest BCUT2D eigenvalue weighted by Crippen LogP contribution is -2.50. The van der Waals surface area contributed by atoms with Crippen LogP contribution in [-0.4, -0.2) is 80.6 Å². The first kappa shape index (κ1) is 45.8. The number of allylic oxidation sites excluding steroid dienone is 4. The summed E-state index contributed by atoms with van der Waals surface area (Å²) in [6.45, 7) is 4.66. The van der Waals surface area contributed by atoms with Crippen LogP contribution in [0.5, 0.6) is 0 Å². The molecule has 0 aromatic rings. The summed E-state index contributed by atoms with van der Waals surface area (Å²) in [6.07, 6.45) is 32.3. The summed E-state index contributed by atoms with van der Waals surface area (Å²) in [7, 11) is 5.50. The van der Waals surface area contributed by atoms with E-state index in [1.807, 2.05) is 21.1 Å². The first-order chi connectivity index (χ1) is 23.1. The van der Waals surface area contributed by atoms with Crippen LogP contribution < -0.4 is 0 Å². The molecule has 0 fully saturated rings. The number of ether oxygens (including phenoxy) is 3. The van der Waals surface area contributed by atoms with Gasteiger partial charge in [-0.3, -0.25) is 9.59 Å². The predicted octanol–water partition coefficient (Wildman–Crippen LogP) is 9.74. The van der Waals surface area contributed by atoms with E-state index < -0.39 is 18.1 Å². The second-order valence-electron chi connectivity index (χ2n) is 14.2. The van der Waals surface area contributed by atoms with Gasteiger partial charge in [-0.05, 0) is 38.5 Å². The molecule has 0 aromatic carbocycles. The quantitative estimate of drug-likeness (QED) is 0.0313. The zero-order valence-corrected chi connectivity index (χ0v) is 31.7. The summed E-state index contributed by atoms with van der Waals surface area (Å²) in [6, 6.07) is -0.615. The van der Waals surface area contributed by atoms with Gasteiger partial charge in [0.15, 0.2) is 12.1 Å². The fraction of sp³-hybridized carbons (Fsp3) is 0.825. The Morgan fingerprint density at radius 1 is 0.625 bits per heavy atom. The van der Waals surface area contributed by atoms with Crippen molar-refractivity contribution in [3.05, 3.63) is 24.3 Å². The number of carbonyl (C=O) groups is 3. The summed E-state index contributed by atoms with van der Waals surface area (Å²) in [5, 5.41) is 9.57. The number of nitrogens with zero attached hydrogens (tertiary/aromatic N) is 1. The third-order valence-electron chi connectivity index (χ3n) is 8.63. The molecule has 1 N–H and O–H groups in total. The maximum Gasteiger partial charge on any atom is 0.362 e. The van der Waals surface area contributed by atoms with Gasteiger partial charge >= 0.3 is 17.9 Å². The Labute approximate surface area is 294 Å². The summed E-state index contributed by atoms with van der Waals surface area (Å²) in [4.78, 5) is 36.7. The van der Waals surface area contributed by atoms with Crippen LogP contribution in [0.4, 0.5) is 0 Å². The lowest BCUT2D eigenvalue weighted by Gasteiger charge is -2.31. The molecule has 0 spiro atoms. The smallest absolute Gasteiger partial charge is 0.362 e. The predicted molar refractivity (Wildman–Crippen MR) is 197 cm³/mol. The minimum atomic E-state index is -0.880. The van der Waals surface area contributed by atoms with Gasteiger partial charge in [0.05, 0.1) is 34.4 Å². The molecule has 2 unspecified atom stereocenters. The van der Waals surface area contributed by atoms with Crippen molar-refractivity contribution in [3.8, 4) is 0 Å². The normalized spacial score (nSPS) is 13.3. The second kappa shape index (κ2) is 32.0. The van der Waals surface area contributed by atoms with Gasteiger partial charge in [-0.1, -0.05) is 128 Å². The van der Waals surface area contributed by atoms with Crippen LogP contribution in [-0.2, 0) is 28.6 Å². The highest BCUT2D eigenvalue weighted by Crippen LogP contribution is 2.13. The molecular weight excluding hydrogens is 606 g/mol. The van der Waals surface area contributed by atoms with E-state index in [1.54, 1.807) is 0 Å². The van der Waals surface area contributed by atoms with Crippen LogP contribution in [0.3, 0.4) is 0 Å². The number of likely N-dealkylation sites (N-methyl/N-ethyl adjacent to an activating group) is 1.